The van der Waals surface area contributed by atoms with E-state index in [9.17, 15) is 9.59 Å². The monoisotopic (exact) mass is 146 g/mol. The Balaban J connectivity index is 0. The van der Waals surface area contributed by atoms with Gasteiger partial charge in [0, 0.05) is 0 Å². The summed E-state index contributed by atoms with van der Waals surface area (Å²) in [6.07, 6.45) is 0. The molecule has 0 aliphatic rings. The van der Waals surface area contributed by atoms with Crippen LogP contribution in [0.1, 0.15) is 0 Å². The van der Waals surface area contributed by atoms with Gasteiger partial charge in [-0.1, -0.05) is 0 Å². The SMILES string of the molecule is O=C(O)C(=O)OP.[NaH]. The molecule has 1 N–H and O–H groups in total. The summed E-state index contributed by atoms with van der Waals surface area (Å²) in [5.74, 6) is -2.86. The molecular weight excluding hydrogens is 142 g/mol. The average Bonchev–Trinajstić information content (AvgIpc) is 1.65. The summed E-state index contributed by atoms with van der Waals surface area (Å²) in [5.41, 5.74) is 0. The Kier molecular flexibility index (Phi) is 7.71. The predicted octanol–water partition coefficient (Wildman–Crippen LogP) is -1.24. The molecule has 0 aliphatic heterocycles. The second-order valence-electron chi connectivity index (χ2n) is 0.710. The maximum atomic E-state index is 9.67. The molecule has 42 valence electrons. The molecule has 1 unspecified atom stereocenters. The van der Waals surface area contributed by atoms with Crippen molar-refractivity contribution in [3.8, 4) is 0 Å². The normalized spacial score (nSPS) is 6.62. The molecule has 0 bridgehead atoms. The number of hydrogen-bond donors (Lipinski definition) is 1. The van der Waals surface area contributed by atoms with Gasteiger partial charge in [-0.05, 0) is 0 Å². The number of hydrogen-bond acceptors (Lipinski definition) is 3. The third kappa shape index (κ3) is 4.53. The van der Waals surface area contributed by atoms with Crippen LogP contribution in [-0.4, -0.2) is 46.6 Å². The molecule has 1 atom stereocenters. The van der Waals surface area contributed by atoms with E-state index in [-0.39, 0.29) is 29.6 Å². The zero-order chi connectivity index (χ0) is 5.86. The zero-order valence-corrected chi connectivity index (χ0v) is 4.40. The van der Waals surface area contributed by atoms with Gasteiger partial charge in [0.1, 0.15) is 0 Å². The van der Waals surface area contributed by atoms with E-state index in [1.54, 1.807) is 0 Å². The van der Waals surface area contributed by atoms with Gasteiger partial charge in [-0.25, -0.2) is 9.59 Å². The molecule has 0 aromatic heterocycles. The molecule has 6 heteroatoms. The molecule has 0 radical (unpaired) electrons. The molecule has 8 heavy (non-hydrogen) atoms. The van der Waals surface area contributed by atoms with Gasteiger partial charge in [-0.2, -0.15) is 0 Å². The number of carboxylic acids is 1. The molecule has 0 saturated heterocycles. The molecule has 0 fully saturated rings. The van der Waals surface area contributed by atoms with Crippen molar-refractivity contribution in [3.05, 3.63) is 0 Å². The summed E-state index contributed by atoms with van der Waals surface area (Å²) in [6, 6.07) is 0. The standard InChI is InChI=1S/C2H3O4P.Na.H/c3-1(4)2(5)6-7;;/h7H2,(H,3,4);;. The molecule has 0 saturated carbocycles. The Morgan fingerprint density at radius 2 is 1.88 bits per heavy atom. The first kappa shape index (κ1) is 11.2. The molecule has 0 rings (SSSR count). The van der Waals surface area contributed by atoms with Crippen LogP contribution < -0.4 is 0 Å². The fourth-order valence-corrected chi connectivity index (χ4v) is 0.151. The van der Waals surface area contributed by atoms with Crippen molar-refractivity contribution in [1.29, 1.82) is 0 Å². The van der Waals surface area contributed by atoms with E-state index in [4.69, 9.17) is 5.11 Å². The topological polar surface area (TPSA) is 63.6 Å². The van der Waals surface area contributed by atoms with E-state index in [1.165, 1.54) is 9.47 Å². The van der Waals surface area contributed by atoms with Crippen LogP contribution in [0.25, 0.3) is 0 Å². The van der Waals surface area contributed by atoms with Crippen molar-refractivity contribution in [2.75, 3.05) is 0 Å². The van der Waals surface area contributed by atoms with Crippen LogP contribution in [0.4, 0.5) is 0 Å². The number of rotatable bonds is 0. The van der Waals surface area contributed by atoms with Gasteiger partial charge in [0.2, 0.25) is 0 Å². The Bertz CT molecular complexity index is 102. The summed E-state index contributed by atoms with van der Waals surface area (Å²) >= 11 is 0. The second kappa shape index (κ2) is 5.51. The molecule has 0 spiro atoms. The van der Waals surface area contributed by atoms with Crippen molar-refractivity contribution >= 4 is 51.0 Å². The third-order valence-electron chi connectivity index (χ3n) is 0.282. The molecule has 4 nitrogen and oxygen atoms in total. The van der Waals surface area contributed by atoms with Gasteiger partial charge >= 0.3 is 41.5 Å². The van der Waals surface area contributed by atoms with Gasteiger partial charge in [0.25, 0.3) is 0 Å². The molecule has 0 aliphatic carbocycles. The minimum atomic E-state index is -1.59. The van der Waals surface area contributed by atoms with E-state index in [0.717, 1.165) is 0 Å². The number of carboxylic acid groups (broad SMARTS) is 1. The molecule has 0 heterocycles. The van der Waals surface area contributed by atoms with Crippen molar-refractivity contribution in [2.24, 2.45) is 0 Å². The first-order valence-electron chi connectivity index (χ1n) is 1.32. The number of carbonyl (C=O) groups excluding carboxylic acids is 1. The van der Waals surface area contributed by atoms with E-state index in [1.807, 2.05) is 0 Å². The van der Waals surface area contributed by atoms with E-state index in [2.05, 4.69) is 4.52 Å². The van der Waals surface area contributed by atoms with Crippen LogP contribution in [0, 0.1) is 0 Å². The van der Waals surface area contributed by atoms with Crippen LogP contribution in [0.15, 0.2) is 0 Å². The van der Waals surface area contributed by atoms with Crippen molar-refractivity contribution in [2.45, 2.75) is 0 Å². The summed E-state index contributed by atoms with van der Waals surface area (Å²) < 4.78 is 3.69. The minimum absolute atomic E-state index is 0. The summed E-state index contributed by atoms with van der Waals surface area (Å²) in [6.45, 7) is 0. The van der Waals surface area contributed by atoms with E-state index < -0.39 is 11.9 Å². The van der Waals surface area contributed by atoms with Gasteiger partial charge < -0.3 is 9.63 Å². The first-order valence-corrected chi connectivity index (χ1v) is 1.79. The van der Waals surface area contributed by atoms with Crippen molar-refractivity contribution < 1.29 is 19.2 Å². The van der Waals surface area contributed by atoms with Crippen LogP contribution >= 0.6 is 9.47 Å². The Morgan fingerprint density at radius 1 is 1.50 bits per heavy atom. The molecule has 0 aromatic carbocycles. The summed E-state index contributed by atoms with van der Waals surface area (Å²) in [5, 5.41) is 7.69. The van der Waals surface area contributed by atoms with Crippen molar-refractivity contribution in [3.63, 3.8) is 0 Å². The van der Waals surface area contributed by atoms with Crippen LogP contribution in [-0.2, 0) is 14.1 Å². The Morgan fingerprint density at radius 3 is 1.88 bits per heavy atom. The fourth-order valence-electron chi connectivity index (χ4n) is 0.0504. The molecular formula is C2H4NaO4P. The Hall–Kier alpha value is 0.370. The Labute approximate surface area is 70.2 Å². The summed E-state index contributed by atoms with van der Waals surface area (Å²) in [7, 11) is 1.53. The number of aliphatic carboxylic acids is 1. The predicted molar refractivity (Wildman–Crippen MR) is 30.6 cm³/mol. The quantitative estimate of drug-likeness (QED) is 0.263. The first-order chi connectivity index (χ1) is 3.18. The molecule has 0 aromatic rings. The average molecular weight is 146 g/mol. The van der Waals surface area contributed by atoms with Gasteiger partial charge in [-0.15, -0.1) is 0 Å². The van der Waals surface area contributed by atoms with E-state index in [0.29, 0.717) is 0 Å². The fraction of sp³-hybridized carbons (Fsp3) is 0. The van der Waals surface area contributed by atoms with Gasteiger partial charge in [0.05, 0.1) is 9.47 Å². The van der Waals surface area contributed by atoms with Crippen LogP contribution in [0.3, 0.4) is 0 Å². The van der Waals surface area contributed by atoms with Crippen LogP contribution in [0.5, 0.6) is 0 Å². The maximum absolute atomic E-state index is 9.67. The van der Waals surface area contributed by atoms with Gasteiger partial charge in [0.15, 0.2) is 0 Å². The van der Waals surface area contributed by atoms with Gasteiger partial charge in [-0.3, -0.25) is 0 Å². The van der Waals surface area contributed by atoms with Crippen molar-refractivity contribution in [1.82, 2.24) is 0 Å². The summed E-state index contributed by atoms with van der Waals surface area (Å²) in [4.78, 5) is 19.1. The van der Waals surface area contributed by atoms with E-state index >= 15 is 0 Å². The number of carbonyl (C=O) groups is 2. The third-order valence-corrected chi connectivity index (χ3v) is 0.496. The molecule has 0 amide bonds. The zero-order valence-electron chi connectivity index (χ0n) is 3.25. The van der Waals surface area contributed by atoms with Crippen LogP contribution in [0.2, 0.25) is 0 Å². The second-order valence-corrected chi connectivity index (χ2v) is 0.946.